The van der Waals surface area contributed by atoms with Crippen molar-refractivity contribution in [3.63, 3.8) is 0 Å². The number of carbonyl (C=O) groups excluding carboxylic acids is 2. The maximum absolute atomic E-state index is 12.9. The summed E-state index contributed by atoms with van der Waals surface area (Å²) in [6.45, 7) is 0.418. The summed E-state index contributed by atoms with van der Waals surface area (Å²) in [5.74, 6) is -1.05. The van der Waals surface area contributed by atoms with Crippen molar-refractivity contribution in [2.24, 2.45) is 0 Å². The van der Waals surface area contributed by atoms with Crippen LogP contribution in [0.4, 0.5) is 16.3 Å². The molecule has 3 atom stereocenters. The molecule has 2 saturated heterocycles. The van der Waals surface area contributed by atoms with E-state index < -0.39 is 30.4 Å². The SMILES string of the molecule is O=C(Nc1ccccc1)Nc1ncnc2c1ncn2C1CCC(C(=O)N2CCCC2C(=O)O)O1. The third kappa shape index (κ3) is 4.15. The summed E-state index contributed by atoms with van der Waals surface area (Å²) in [4.78, 5) is 50.9. The molecule has 2 aliphatic rings. The van der Waals surface area contributed by atoms with E-state index in [1.807, 2.05) is 18.2 Å². The van der Waals surface area contributed by atoms with E-state index in [0.29, 0.717) is 49.1 Å². The monoisotopic (exact) mass is 465 g/mol. The molecule has 5 rings (SSSR count). The second-order valence-corrected chi connectivity index (χ2v) is 8.18. The molecule has 0 radical (unpaired) electrons. The maximum atomic E-state index is 12.9. The van der Waals surface area contributed by atoms with Gasteiger partial charge in [0.05, 0.1) is 6.33 Å². The number of carboxylic acid groups (broad SMARTS) is 1. The average molecular weight is 465 g/mol. The molecule has 3 aromatic rings. The number of nitrogens with one attached hydrogen (secondary N) is 2. The van der Waals surface area contributed by atoms with Gasteiger partial charge in [-0.3, -0.25) is 14.7 Å². The van der Waals surface area contributed by atoms with E-state index in [0.717, 1.165) is 0 Å². The lowest BCUT2D eigenvalue weighted by Gasteiger charge is -2.24. The number of nitrogens with zero attached hydrogens (tertiary/aromatic N) is 5. The van der Waals surface area contributed by atoms with E-state index in [4.69, 9.17) is 4.74 Å². The Hall–Kier alpha value is -4.06. The van der Waals surface area contributed by atoms with E-state index in [1.165, 1.54) is 17.6 Å². The highest BCUT2D eigenvalue weighted by Crippen LogP contribution is 2.33. The van der Waals surface area contributed by atoms with Gasteiger partial charge in [-0.25, -0.2) is 24.5 Å². The molecule has 12 nitrogen and oxygen atoms in total. The van der Waals surface area contributed by atoms with Gasteiger partial charge >= 0.3 is 12.0 Å². The zero-order chi connectivity index (χ0) is 23.7. The molecule has 12 heteroatoms. The van der Waals surface area contributed by atoms with Gasteiger partial charge in [-0.2, -0.15) is 0 Å². The largest absolute Gasteiger partial charge is 0.480 e. The van der Waals surface area contributed by atoms with Crippen molar-refractivity contribution >= 4 is 40.6 Å². The Morgan fingerprint density at radius 3 is 2.65 bits per heavy atom. The lowest BCUT2D eigenvalue weighted by molar-refractivity contribution is -0.154. The highest BCUT2D eigenvalue weighted by Gasteiger charge is 2.41. The number of ether oxygens (including phenoxy) is 1. The van der Waals surface area contributed by atoms with Gasteiger partial charge < -0.3 is 20.1 Å². The number of aromatic nitrogens is 4. The maximum Gasteiger partial charge on any atom is 0.326 e. The summed E-state index contributed by atoms with van der Waals surface area (Å²) in [6.07, 6.45) is 3.74. The van der Waals surface area contributed by atoms with Crippen molar-refractivity contribution in [1.82, 2.24) is 24.4 Å². The van der Waals surface area contributed by atoms with Crippen LogP contribution >= 0.6 is 0 Å². The number of benzene rings is 1. The van der Waals surface area contributed by atoms with Crippen LogP contribution in [-0.4, -0.2) is 66.1 Å². The number of likely N-dealkylation sites (tertiary alicyclic amines) is 1. The minimum atomic E-state index is -0.992. The van der Waals surface area contributed by atoms with Crippen molar-refractivity contribution < 1.29 is 24.2 Å². The lowest BCUT2D eigenvalue weighted by atomic mass is 10.2. The number of imidazole rings is 1. The van der Waals surface area contributed by atoms with Crippen LogP contribution in [-0.2, 0) is 14.3 Å². The number of urea groups is 1. The van der Waals surface area contributed by atoms with Crippen molar-refractivity contribution in [3.8, 4) is 0 Å². The molecular formula is C22H23N7O5. The molecule has 0 spiro atoms. The molecular weight excluding hydrogens is 442 g/mol. The first-order valence-electron chi connectivity index (χ1n) is 11.0. The number of anilines is 2. The molecule has 3 N–H and O–H groups in total. The fourth-order valence-electron chi connectivity index (χ4n) is 4.42. The van der Waals surface area contributed by atoms with E-state index in [-0.39, 0.29) is 11.7 Å². The molecule has 3 amide bonds. The first kappa shape index (κ1) is 21.8. The van der Waals surface area contributed by atoms with Gasteiger partial charge in [0.15, 0.2) is 17.0 Å². The number of para-hydroxylation sites is 1. The van der Waals surface area contributed by atoms with Crippen molar-refractivity contribution in [1.29, 1.82) is 0 Å². The van der Waals surface area contributed by atoms with Gasteiger partial charge in [0.1, 0.15) is 24.7 Å². The van der Waals surface area contributed by atoms with Crippen LogP contribution in [0.25, 0.3) is 11.2 Å². The summed E-state index contributed by atoms with van der Waals surface area (Å²) in [5, 5.41) is 14.8. The fraction of sp³-hybridized carbons (Fsp3) is 0.364. The molecule has 2 aliphatic heterocycles. The lowest BCUT2D eigenvalue weighted by Crippen LogP contribution is -2.45. The fourth-order valence-corrected chi connectivity index (χ4v) is 4.42. The van der Waals surface area contributed by atoms with Gasteiger partial charge in [-0.1, -0.05) is 18.2 Å². The van der Waals surface area contributed by atoms with Crippen LogP contribution in [0.5, 0.6) is 0 Å². The number of aliphatic carboxylic acids is 1. The Morgan fingerprint density at radius 1 is 1.03 bits per heavy atom. The molecule has 3 unspecified atom stereocenters. The van der Waals surface area contributed by atoms with Crippen LogP contribution in [0, 0.1) is 0 Å². The molecule has 2 fully saturated rings. The predicted molar refractivity (Wildman–Crippen MR) is 120 cm³/mol. The highest BCUT2D eigenvalue weighted by atomic mass is 16.5. The van der Waals surface area contributed by atoms with Crippen molar-refractivity contribution in [2.75, 3.05) is 17.2 Å². The van der Waals surface area contributed by atoms with Gasteiger partial charge in [-0.05, 0) is 37.8 Å². The van der Waals surface area contributed by atoms with Gasteiger partial charge in [-0.15, -0.1) is 0 Å². The Balaban J connectivity index is 1.29. The Morgan fingerprint density at radius 2 is 1.85 bits per heavy atom. The zero-order valence-electron chi connectivity index (χ0n) is 18.1. The first-order chi connectivity index (χ1) is 16.5. The molecule has 0 aliphatic carbocycles. The average Bonchev–Trinajstić information content (AvgIpc) is 3.58. The molecule has 1 aromatic carbocycles. The van der Waals surface area contributed by atoms with Crippen LogP contribution in [0.2, 0.25) is 0 Å². The number of fused-ring (bicyclic) bond motifs is 1. The summed E-state index contributed by atoms with van der Waals surface area (Å²) >= 11 is 0. The second kappa shape index (κ2) is 9.06. The summed E-state index contributed by atoms with van der Waals surface area (Å²) in [5.41, 5.74) is 1.47. The number of hydrogen-bond acceptors (Lipinski definition) is 7. The Bertz CT molecular complexity index is 1230. The molecule has 4 heterocycles. The predicted octanol–water partition coefficient (Wildman–Crippen LogP) is 2.22. The van der Waals surface area contributed by atoms with Gasteiger partial charge in [0.2, 0.25) is 0 Å². The summed E-state index contributed by atoms with van der Waals surface area (Å²) in [7, 11) is 0. The van der Waals surface area contributed by atoms with Gasteiger partial charge in [0, 0.05) is 12.2 Å². The number of rotatable bonds is 5. The molecule has 176 valence electrons. The van der Waals surface area contributed by atoms with Crippen LogP contribution in [0.3, 0.4) is 0 Å². The minimum absolute atomic E-state index is 0.240. The normalized spacial score (nSPS) is 22.1. The van der Waals surface area contributed by atoms with Gasteiger partial charge in [0.25, 0.3) is 5.91 Å². The molecule has 0 saturated carbocycles. The standard InChI is InChI=1S/C22H23N7O5/c30-20(28-10-4-7-14(28)21(31)32)15-8-9-16(34-15)29-12-25-17-18(23-11-24-19(17)29)27-22(33)26-13-5-2-1-3-6-13/h1-3,5-6,11-12,14-16H,4,7-10H2,(H,31,32)(H2,23,24,26,27,33). The summed E-state index contributed by atoms with van der Waals surface area (Å²) in [6, 6.07) is 7.73. The molecule has 0 bridgehead atoms. The van der Waals surface area contributed by atoms with Crippen LogP contribution < -0.4 is 10.6 Å². The smallest absolute Gasteiger partial charge is 0.326 e. The third-order valence-electron chi connectivity index (χ3n) is 6.03. The number of carboxylic acids is 1. The number of hydrogen-bond donors (Lipinski definition) is 3. The van der Waals surface area contributed by atoms with E-state index in [2.05, 4.69) is 25.6 Å². The van der Waals surface area contributed by atoms with Crippen LogP contribution in [0.15, 0.2) is 43.0 Å². The van der Waals surface area contributed by atoms with E-state index in [9.17, 15) is 19.5 Å². The van der Waals surface area contributed by atoms with E-state index >= 15 is 0 Å². The number of carbonyl (C=O) groups is 3. The Kier molecular flexibility index (Phi) is 5.80. The molecule has 34 heavy (non-hydrogen) atoms. The highest BCUT2D eigenvalue weighted by molar-refractivity contribution is 6.02. The van der Waals surface area contributed by atoms with Crippen molar-refractivity contribution in [2.45, 2.75) is 44.1 Å². The third-order valence-corrected chi connectivity index (χ3v) is 6.03. The zero-order valence-corrected chi connectivity index (χ0v) is 18.1. The second-order valence-electron chi connectivity index (χ2n) is 8.18. The minimum Gasteiger partial charge on any atom is -0.480 e. The van der Waals surface area contributed by atoms with Crippen molar-refractivity contribution in [3.05, 3.63) is 43.0 Å². The van der Waals surface area contributed by atoms with Crippen LogP contribution in [0.1, 0.15) is 31.9 Å². The summed E-state index contributed by atoms with van der Waals surface area (Å²) < 4.78 is 7.69. The quantitative estimate of drug-likeness (QED) is 0.519. The topological polar surface area (TPSA) is 152 Å². The first-order valence-corrected chi connectivity index (χ1v) is 11.0. The number of amides is 3. The Labute approximate surface area is 194 Å². The molecule has 2 aromatic heterocycles. The van der Waals surface area contributed by atoms with E-state index in [1.54, 1.807) is 16.7 Å².